The summed E-state index contributed by atoms with van der Waals surface area (Å²) in [6, 6.07) is 20.1. The van der Waals surface area contributed by atoms with Crippen LogP contribution < -0.4 is 0 Å². The Bertz CT molecular complexity index is 1070. The van der Waals surface area contributed by atoms with Gasteiger partial charge >= 0.3 is 6.18 Å². The van der Waals surface area contributed by atoms with Crippen molar-refractivity contribution in [1.82, 2.24) is 9.55 Å². The van der Waals surface area contributed by atoms with Gasteiger partial charge in [-0.15, -0.1) is 11.8 Å². The van der Waals surface area contributed by atoms with E-state index in [0.29, 0.717) is 5.75 Å². The van der Waals surface area contributed by atoms with Gasteiger partial charge in [0, 0.05) is 29.9 Å². The standard InChI is InChI=1S/C23H19F3N2S/c24-23(25,26)21-9-5-17(6-10-21)15-29-22(14-28-12-11-27-16-28)20-8-7-18-3-1-2-4-19(18)13-20/h1-13,16,22H,14-15H2. The highest BCUT2D eigenvalue weighted by molar-refractivity contribution is 7.98. The Morgan fingerprint density at radius 3 is 2.38 bits per heavy atom. The molecule has 0 fully saturated rings. The minimum atomic E-state index is -4.30. The molecule has 2 nitrogen and oxygen atoms in total. The Balaban J connectivity index is 1.55. The molecule has 6 heteroatoms. The van der Waals surface area contributed by atoms with Crippen LogP contribution in [0.4, 0.5) is 13.2 Å². The van der Waals surface area contributed by atoms with Crippen molar-refractivity contribution >= 4 is 22.5 Å². The van der Waals surface area contributed by atoms with Crippen molar-refractivity contribution in [3.63, 3.8) is 0 Å². The normalized spacial score (nSPS) is 12.9. The molecule has 0 saturated heterocycles. The maximum Gasteiger partial charge on any atom is 0.416 e. The lowest BCUT2D eigenvalue weighted by atomic mass is 10.0. The minimum absolute atomic E-state index is 0.149. The van der Waals surface area contributed by atoms with Gasteiger partial charge in [0.1, 0.15) is 0 Å². The Labute approximate surface area is 171 Å². The van der Waals surface area contributed by atoms with Crippen LogP contribution in [0.3, 0.4) is 0 Å². The van der Waals surface area contributed by atoms with Gasteiger partial charge in [-0.25, -0.2) is 4.98 Å². The van der Waals surface area contributed by atoms with E-state index in [4.69, 9.17) is 0 Å². The van der Waals surface area contributed by atoms with Crippen molar-refractivity contribution in [2.24, 2.45) is 0 Å². The first kappa shape index (κ1) is 19.6. The first-order valence-corrected chi connectivity index (χ1v) is 10.3. The first-order valence-electron chi connectivity index (χ1n) is 9.21. The summed E-state index contributed by atoms with van der Waals surface area (Å²) in [4.78, 5) is 4.12. The number of hydrogen-bond acceptors (Lipinski definition) is 2. The van der Waals surface area contributed by atoms with Gasteiger partial charge in [-0.2, -0.15) is 13.2 Å². The molecular weight excluding hydrogens is 393 g/mol. The van der Waals surface area contributed by atoms with Crippen LogP contribution >= 0.6 is 11.8 Å². The number of halogens is 3. The summed E-state index contributed by atoms with van der Waals surface area (Å²) in [6.45, 7) is 0.740. The molecule has 0 radical (unpaired) electrons. The molecule has 4 aromatic rings. The monoisotopic (exact) mass is 412 g/mol. The molecule has 1 heterocycles. The summed E-state index contributed by atoms with van der Waals surface area (Å²) in [6.07, 6.45) is 1.15. The Hall–Kier alpha value is -2.73. The highest BCUT2D eigenvalue weighted by Crippen LogP contribution is 2.35. The zero-order chi connectivity index (χ0) is 20.3. The lowest BCUT2D eigenvalue weighted by Gasteiger charge is -2.19. The number of alkyl halides is 3. The Morgan fingerprint density at radius 1 is 0.931 bits per heavy atom. The number of nitrogens with zero attached hydrogens (tertiary/aromatic N) is 2. The third-order valence-electron chi connectivity index (χ3n) is 4.81. The van der Waals surface area contributed by atoms with Crippen LogP contribution in [0.15, 0.2) is 85.5 Å². The van der Waals surface area contributed by atoms with E-state index in [9.17, 15) is 13.2 Å². The number of imidazole rings is 1. The van der Waals surface area contributed by atoms with Crippen molar-refractivity contribution < 1.29 is 13.2 Å². The van der Waals surface area contributed by atoms with Crippen LogP contribution in [0.5, 0.6) is 0 Å². The van der Waals surface area contributed by atoms with E-state index in [1.165, 1.54) is 16.3 Å². The molecule has 0 aliphatic rings. The van der Waals surface area contributed by atoms with Crippen molar-refractivity contribution in [3.8, 4) is 0 Å². The summed E-state index contributed by atoms with van der Waals surface area (Å²) in [5.41, 5.74) is 1.45. The quantitative estimate of drug-likeness (QED) is 0.349. The van der Waals surface area contributed by atoms with Crippen molar-refractivity contribution in [1.29, 1.82) is 0 Å². The molecule has 0 bridgehead atoms. The Morgan fingerprint density at radius 2 is 1.69 bits per heavy atom. The maximum absolute atomic E-state index is 12.8. The highest BCUT2D eigenvalue weighted by atomic mass is 32.2. The number of rotatable bonds is 6. The van der Waals surface area contributed by atoms with E-state index in [1.54, 1.807) is 36.4 Å². The van der Waals surface area contributed by atoms with E-state index < -0.39 is 11.7 Å². The molecule has 0 saturated carbocycles. The van der Waals surface area contributed by atoms with Gasteiger partial charge in [-0.1, -0.05) is 48.5 Å². The molecule has 1 aromatic heterocycles. The zero-order valence-electron chi connectivity index (χ0n) is 15.5. The van der Waals surface area contributed by atoms with E-state index in [1.807, 2.05) is 22.9 Å². The van der Waals surface area contributed by atoms with Crippen LogP contribution in [0.2, 0.25) is 0 Å². The number of hydrogen-bond donors (Lipinski definition) is 0. The van der Waals surface area contributed by atoms with Crippen molar-refractivity contribution in [2.45, 2.75) is 23.7 Å². The molecule has 0 N–H and O–H groups in total. The zero-order valence-corrected chi connectivity index (χ0v) is 16.3. The van der Waals surface area contributed by atoms with Crippen molar-refractivity contribution in [2.75, 3.05) is 0 Å². The molecule has 1 unspecified atom stereocenters. The van der Waals surface area contributed by atoms with E-state index in [0.717, 1.165) is 24.2 Å². The topological polar surface area (TPSA) is 17.8 Å². The van der Waals surface area contributed by atoms with Crippen LogP contribution in [0.1, 0.15) is 21.9 Å². The second kappa shape index (κ2) is 8.33. The third kappa shape index (κ3) is 4.82. The molecule has 148 valence electrons. The third-order valence-corrected chi connectivity index (χ3v) is 6.14. The average molecular weight is 412 g/mol. The first-order chi connectivity index (χ1) is 14.0. The molecule has 0 aliphatic heterocycles. The number of thioether (sulfide) groups is 1. The van der Waals surface area contributed by atoms with Crippen LogP contribution in [0, 0.1) is 0 Å². The van der Waals surface area contributed by atoms with E-state index in [-0.39, 0.29) is 5.25 Å². The summed E-state index contributed by atoms with van der Waals surface area (Å²) < 4.78 is 40.4. The van der Waals surface area contributed by atoms with Gasteiger partial charge in [-0.3, -0.25) is 0 Å². The molecule has 0 aliphatic carbocycles. The van der Waals surface area contributed by atoms with Crippen LogP contribution in [-0.4, -0.2) is 9.55 Å². The SMILES string of the molecule is FC(F)(F)c1ccc(CSC(Cn2ccnc2)c2ccc3ccccc3c2)cc1. The minimum Gasteiger partial charge on any atom is -0.336 e. The van der Waals surface area contributed by atoms with Gasteiger partial charge in [0.15, 0.2) is 0 Å². The van der Waals surface area contributed by atoms with Crippen LogP contribution in [-0.2, 0) is 18.5 Å². The lowest BCUT2D eigenvalue weighted by Crippen LogP contribution is -2.06. The summed E-state index contributed by atoms with van der Waals surface area (Å²) in [7, 11) is 0. The largest absolute Gasteiger partial charge is 0.416 e. The van der Waals surface area contributed by atoms with E-state index in [2.05, 4.69) is 35.3 Å². The van der Waals surface area contributed by atoms with Gasteiger partial charge in [0.2, 0.25) is 0 Å². The van der Waals surface area contributed by atoms with Gasteiger partial charge in [0.05, 0.1) is 11.9 Å². The predicted molar refractivity (Wildman–Crippen MR) is 112 cm³/mol. The fourth-order valence-electron chi connectivity index (χ4n) is 3.24. The van der Waals surface area contributed by atoms with Gasteiger partial charge in [0.25, 0.3) is 0 Å². The second-order valence-electron chi connectivity index (χ2n) is 6.86. The molecule has 29 heavy (non-hydrogen) atoms. The smallest absolute Gasteiger partial charge is 0.336 e. The maximum atomic E-state index is 12.8. The second-order valence-corrected chi connectivity index (χ2v) is 8.05. The predicted octanol–water partition coefficient (Wildman–Crippen LogP) is 6.73. The molecule has 3 aromatic carbocycles. The average Bonchev–Trinajstić information content (AvgIpc) is 3.23. The Kier molecular flexibility index (Phi) is 5.62. The van der Waals surface area contributed by atoms with Gasteiger partial charge in [-0.05, 0) is 40.1 Å². The molecule has 0 amide bonds. The summed E-state index contributed by atoms with van der Waals surface area (Å²) in [5, 5.41) is 2.51. The lowest BCUT2D eigenvalue weighted by molar-refractivity contribution is -0.137. The number of benzene rings is 3. The number of aromatic nitrogens is 2. The highest BCUT2D eigenvalue weighted by Gasteiger charge is 2.29. The summed E-state index contributed by atoms with van der Waals surface area (Å²) in [5.74, 6) is 0.629. The van der Waals surface area contributed by atoms with Gasteiger partial charge < -0.3 is 4.57 Å². The molecular formula is C23H19F3N2S. The van der Waals surface area contributed by atoms with Crippen LogP contribution in [0.25, 0.3) is 10.8 Å². The van der Waals surface area contributed by atoms with E-state index >= 15 is 0 Å². The summed E-state index contributed by atoms with van der Waals surface area (Å²) >= 11 is 1.72. The molecule has 0 spiro atoms. The molecule has 1 atom stereocenters. The molecule has 4 rings (SSSR count). The number of fused-ring (bicyclic) bond motifs is 1. The fourth-order valence-corrected chi connectivity index (χ4v) is 4.44. The fraction of sp³-hybridized carbons (Fsp3) is 0.174. The van der Waals surface area contributed by atoms with Crippen molar-refractivity contribution in [3.05, 3.63) is 102 Å².